The molecule has 5 aromatic carbocycles. The minimum Gasteiger partial charge on any atom is -0.513 e. The van der Waals surface area contributed by atoms with E-state index in [2.05, 4.69) is 119 Å². The summed E-state index contributed by atoms with van der Waals surface area (Å²) in [6.07, 6.45) is 7.88. The normalized spacial score (nSPS) is 14.8. The number of anilines is 1. The maximum absolute atomic E-state index is 11.1. The molecule has 0 bridgehead atoms. The molecule has 1 N–H and O–H groups in total. The van der Waals surface area contributed by atoms with Crippen molar-refractivity contribution < 1.29 is 9.68 Å². The minimum absolute atomic E-state index is 0.199. The number of nitrogens with zero attached hydrogens (tertiary/aromatic N) is 6. The van der Waals surface area contributed by atoms with E-state index >= 15 is 0 Å². The number of rotatable bonds is 2. The van der Waals surface area contributed by atoms with Gasteiger partial charge in [0.25, 0.3) is 0 Å². The van der Waals surface area contributed by atoms with E-state index in [9.17, 15) is 5.11 Å². The summed E-state index contributed by atoms with van der Waals surface area (Å²) in [5, 5.41) is 11.1. The first kappa shape index (κ1) is 27.6. The van der Waals surface area contributed by atoms with Crippen molar-refractivity contribution in [2.75, 3.05) is 4.90 Å². The number of hydrogen-bond donors (Lipinski definition) is 1. The second-order valence-electron chi connectivity index (χ2n) is 13.2. The fraction of sp³-hybridized carbons (Fsp3) is 0.0714. The lowest BCUT2D eigenvalue weighted by molar-refractivity contribution is -0.507. The van der Waals surface area contributed by atoms with Crippen molar-refractivity contribution in [1.82, 2.24) is 18.9 Å². The second-order valence-corrected chi connectivity index (χ2v) is 13.2. The lowest BCUT2D eigenvalue weighted by Crippen LogP contribution is -2.42. The molecule has 49 heavy (non-hydrogen) atoms. The van der Waals surface area contributed by atoms with Crippen LogP contribution in [0.25, 0.3) is 61.6 Å². The highest BCUT2D eigenvalue weighted by atomic mass is 16.3. The molecular weight excluding hydrogens is 605 g/mol. The smallest absolute Gasteiger partial charge is 0.246 e. The molecule has 5 heterocycles. The molecule has 0 amide bonds. The van der Waals surface area contributed by atoms with Crippen LogP contribution in [0.2, 0.25) is 0 Å². The van der Waals surface area contributed by atoms with Crippen LogP contribution in [0.1, 0.15) is 19.4 Å². The molecule has 3 aromatic heterocycles. The predicted octanol–water partition coefficient (Wildman–Crippen LogP) is 9.07. The van der Waals surface area contributed by atoms with Crippen molar-refractivity contribution in [2.45, 2.75) is 19.4 Å². The van der Waals surface area contributed by atoms with Crippen LogP contribution >= 0.6 is 0 Å². The number of imidazole rings is 2. The van der Waals surface area contributed by atoms with Crippen LogP contribution in [0, 0.1) is 0 Å². The first-order valence-corrected chi connectivity index (χ1v) is 16.4. The third-order valence-corrected chi connectivity index (χ3v) is 9.78. The molecule has 0 radical (unpaired) electrons. The summed E-state index contributed by atoms with van der Waals surface area (Å²) in [6.45, 7) is 4.31. The zero-order chi connectivity index (χ0) is 32.9. The molecule has 0 spiro atoms. The van der Waals surface area contributed by atoms with Crippen molar-refractivity contribution in [3.05, 3.63) is 145 Å². The van der Waals surface area contributed by atoms with Crippen LogP contribution in [0.4, 0.5) is 11.4 Å². The van der Waals surface area contributed by atoms with E-state index in [0.29, 0.717) is 5.69 Å². The highest BCUT2D eigenvalue weighted by molar-refractivity contribution is 6.08. The number of benzene rings is 5. The molecular formula is C42H30N6O. The van der Waals surface area contributed by atoms with Gasteiger partial charge in [-0.2, -0.15) is 0 Å². The monoisotopic (exact) mass is 634 g/mol. The van der Waals surface area contributed by atoms with Crippen molar-refractivity contribution in [3.8, 4) is 33.7 Å². The predicted molar refractivity (Wildman–Crippen MR) is 196 cm³/mol. The second kappa shape index (κ2) is 10.0. The van der Waals surface area contributed by atoms with Crippen molar-refractivity contribution in [2.24, 2.45) is 0 Å². The van der Waals surface area contributed by atoms with Crippen LogP contribution in [0.3, 0.4) is 0 Å². The SMILES string of the molecule is CC1(C)C=C2c3ccccc3-c3ccccc3-c3ccc(-n4c5ncccc5n5c6ccccc6nc45)cc3N2[C-]=[N+]1c1ccccc1O. The summed E-state index contributed by atoms with van der Waals surface area (Å²) in [6, 6.07) is 43.5. The summed E-state index contributed by atoms with van der Waals surface area (Å²) >= 11 is 0. The van der Waals surface area contributed by atoms with E-state index in [1.807, 2.05) is 53.2 Å². The molecule has 2 aliphatic rings. The summed E-state index contributed by atoms with van der Waals surface area (Å²) in [4.78, 5) is 12.1. The van der Waals surface area contributed by atoms with E-state index < -0.39 is 5.54 Å². The standard InChI is InChI=1S/C42H30N6O/c1-42(2)25-38-31-15-6-5-13-29(31)28-12-3-4-14-30(28)32-22-21-27(24-37(32)45(38)26-46(42)35-18-9-10-20-39(35)49)47-40-36(19-11-23-43-40)48-34-17-8-7-16-33(34)44-41(47)48/h3-25,49H,1-2H3. The number of para-hydroxylation sites is 4. The topological polar surface area (TPSA) is 61.6 Å². The lowest BCUT2D eigenvalue weighted by Gasteiger charge is -2.39. The Morgan fingerprint density at radius 3 is 2.18 bits per heavy atom. The van der Waals surface area contributed by atoms with Crippen molar-refractivity contribution in [3.63, 3.8) is 0 Å². The number of phenolic OH excluding ortho intramolecular Hbond substituents is 1. The van der Waals surface area contributed by atoms with Crippen LogP contribution in [0.5, 0.6) is 5.75 Å². The summed E-state index contributed by atoms with van der Waals surface area (Å²) in [5.74, 6) is 0.996. The average Bonchev–Trinajstić information content (AvgIpc) is 3.66. The molecule has 0 saturated heterocycles. The summed E-state index contributed by atoms with van der Waals surface area (Å²) < 4.78 is 6.36. The number of aromatic nitrogens is 4. The molecule has 0 saturated carbocycles. The number of aromatic hydroxyl groups is 1. The molecule has 0 atom stereocenters. The van der Waals surface area contributed by atoms with E-state index in [4.69, 9.17) is 9.97 Å². The Morgan fingerprint density at radius 1 is 0.694 bits per heavy atom. The molecule has 0 aliphatic carbocycles. The lowest BCUT2D eigenvalue weighted by atomic mass is 9.85. The van der Waals surface area contributed by atoms with E-state index in [1.54, 1.807) is 6.07 Å². The molecule has 8 aromatic rings. The zero-order valence-corrected chi connectivity index (χ0v) is 26.9. The van der Waals surface area contributed by atoms with Gasteiger partial charge in [0.2, 0.25) is 12.1 Å². The third-order valence-electron chi connectivity index (χ3n) is 9.78. The summed E-state index contributed by atoms with van der Waals surface area (Å²) in [7, 11) is 0. The van der Waals surface area contributed by atoms with Gasteiger partial charge in [-0.25, -0.2) is 9.97 Å². The summed E-state index contributed by atoms with van der Waals surface area (Å²) in [5.41, 5.74) is 12.5. The van der Waals surface area contributed by atoms with Gasteiger partial charge in [0, 0.05) is 11.9 Å². The van der Waals surface area contributed by atoms with Gasteiger partial charge in [-0.05, 0) is 90.2 Å². The fourth-order valence-corrected chi connectivity index (χ4v) is 7.58. The molecule has 10 rings (SSSR count). The third kappa shape index (κ3) is 3.93. The fourth-order valence-electron chi connectivity index (χ4n) is 7.58. The number of phenols is 1. The first-order valence-electron chi connectivity index (χ1n) is 16.4. The van der Waals surface area contributed by atoms with Crippen molar-refractivity contribution in [1.29, 1.82) is 0 Å². The Morgan fingerprint density at radius 2 is 1.37 bits per heavy atom. The Hall–Kier alpha value is -6.47. The van der Waals surface area contributed by atoms with Gasteiger partial charge in [0.1, 0.15) is 11.3 Å². The largest absolute Gasteiger partial charge is 0.513 e. The highest BCUT2D eigenvalue weighted by Crippen LogP contribution is 2.48. The highest BCUT2D eigenvalue weighted by Gasteiger charge is 2.35. The maximum Gasteiger partial charge on any atom is 0.246 e. The van der Waals surface area contributed by atoms with E-state index in [0.717, 1.165) is 67.3 Å². The quantitative estimate of drug-likeness (QED) is 0.152. The first-order chi connectivity index (χ1) is 24.0. The Balaban J connectivity index is 1.31. The van der Waals surface area contributed by atoms with E-state index in [-0.39, 0.29) is 5.75 Å². The van der Waals surface area contributed by atoms with Gasteiger partial charge in [0.15, 0.2) is 5.65 Å². The van der Waals surface area contributed by atoms with Crippen molar-refractivity contribution >= 4 is 51.4 Å². The minimum atomic E-state index is -0.517. The molecule has 0 unspecified atom stereocenters. The van der Waals surface area contributed by atoms with Gasteiger partial charge in [-0.1, -0.05) is 84.9 Å². The average molecular weight is 635 g/mol. The van der Waals surface area contributed by atoms with E-state index in [1.165, 1.54) is 5.56 Å². The zero-order valence-electron chi connectivity index (χ0n) is 26.9. The maximum atomic E-state index is 11.1. The Kier molecular flexibility index (Phi) is 5.65. The number of fused-ring (bicyclic) bond motifs is 13. The number of hydrogen-bond acceptors (Lipinski definition) is 4. The van der Waals surface area contributed by atoms with Gasteiger partial charge in [-0.15, -0.1) is 0 Å². The Bertz CT molecular complexity index is 2730. The molecule has 2 aliphatic heterocycles. The Labute approximate surface area is 282 Å². The molecule has 7 nitrogen and oxygen atoms in total. The molecule has 0 fully saturated rings. The van der Waals surface area contributed by atoms with Gasteiger partial charge in [-0.3, -0.25) is 13.5 Å². The van der Waals surface area contributed by atoms with Crippen LogP contribution < -0.4 is 4.90 Å². The molecule has 7 heteroatoms. The van der Waals surface area contributed by atoms with Gasteiger partial charge >= 0.3 is 0 Å². The van der Waals surface area contributed by atoms with Crippen LogP contribution in [-0.2, 0) is 0 Å². The van der Waals surface area contributed by atoms with Crippen LogP contribution in [0.15, 0.2) is 140 Å². The van der Waals surface area contributed by atoms with Gasteiger partial charge < -0.3 is 10.0 Å². The molecule has 234 valence electrons. The van der Waals surface area contributed by atoms with Crippen LogP contribution in [-0.4, -0.2) is 40.5 Å². The van der Waals surface area contributed by atoms with Gasteiger partial charge in [0.05, 0.1) is 33.6 Å². The number of pyridine rings is 1.